The molecule has 0 aliphatic heterocycles. The van der Waals surface area contributed by atoms with Gasteiger partial charge in [0.05, 0.1) is 12.1 Å². The van der Waals surface area contributed by atoms with Crippen LogP contribution in [0.3, 0.4) is 0 Å². The van der Waals surface area contributed by atoms with Crippen LogP contribution in [0.5, 0.6) is 0 Å². The molecular formula is C25H30N2O6. The highest BCUT2D eigenvalue weighted by molar-refractivity contribution is 5.77. The lowest BCUT2D eigenvalue weighted by molar-refractivity contribution is -0.143. The molecule has 0 atom stereocenters. The first-order chi connectivity index (χ1) is 15.7. The summed E-state index contributed by atoms with van der Waals surface area (Å²) >= 11 is 0. The minimum absolute atomic E-state index is 0.206. The van der Waals surface area contributed by atoms with Gasteiger partial charge in [-0.25, -0.2) is 9.59 Å². The lowest BCUT2D eigenvalue weighted by Gasteiger charge is -2.27. The van der Waals surface area contributed by atoms with Crippen LogP contribution < -0.4 is 5.76 Å². The molecule has 1 aromatic heterocycles. The monoisotopic (exact) mass is 454 g/mol. The second-order valence-electron chi connectivity index (χ2n) is 8.70. The first-order valence-corrected chi connectivity index (χ1v) is 11.0. The van der Waals surface area contributed by atoms with E-state index in [4.69, 9.17) is 13.9 Å². The molecule has 3 aromatic rings. The number of amides is 1. The summed E-state index contributed by atoms with van der Waals surface area (Å²) in [4.78, 5) is 38.4. The van der Waals surface area contributed by atoms with Crippen LogP contribution in [0.4, 0.5) is 4.79 Å². The van der Waals surface area contributed by atoms with Crippen LogP contribution in [0.15, 0.2) is 57.7 Å². The smallest absolute Gasteiger partial charge is 0.420 e. The quantitative estimate of drug-likeness (QED) is 0.475. The third-order valence-corrected chi connectivity index (χ3v) is 4.86. The second kappa shape index (κ2) is 10.4. The van der Waals surface area contributed by atoms with Crippen molar-refractivity contribution < 1.29 is 23.5 Å². The van der Waals surface area contributed by atoms with Gasteiger partial charge in [0.25, 0.3) is 0 Å². The van der Waals surface area contributed by atoms with Crippen LogP contribution in [0, 0.1) is 0 Å². The van der Waals surface area contributed by atoms with Gasteiger partial charge in [0.15, 0.2) is 5.58 Å². The Morgan fingerprint density at radius 1 is 1.06 bits per heavy atom. The van der Waals surface area contributed by atoms with Gasteiger partial charge in [-0.05, 0) is 57.4 Å². The van der Waals surface area contributed by atoms with Gasteiger partial charge in [0, 0.05) is 13.1 Å². The highest BCUT2D eigenvalue weighted by Gasteiger charge is 2.22. The molecule has 2 aromatic carbocycles. The molecule has 3 rings (SSSR count). The van der Waals surface area contributed by atoms with E-state index in [1.54, 1.807) is 24.0 Å². The number of oxazole rings is 1. The number of hydrogen-bond acceptors (Lipinski definition) is 6. The maximum atomic E-state index is 12.8. The van der Waals surface area contributed by atoms with Crippen LogP contribution in [0.2, 0.25) is 0 Å². The topological polar surface area (TPSA) is 91.0 Å². The highest BCUT2D eigenvalue weighted by Crippen LogP contribution is 2.18. The van der Waals surface area contributed by atoms with E-state index in [1.165, 1.54) is 4.57 Å². The zero-order chi connectivity index (χ0) is 24.0. The molecule has 8 nitrogen and oxygen atoms in total. The molecule has 0 aliphatic rings. The van der Waals surface area contributed by atoms with Crippen molar-refractivity contribution in [2.24, 2.45) is 0 Å². The molecule has 1 heterocycles. The van der Waals surface area contributed by atoms with Crippen LogP contribution in [0.1, 0.15) is 38.8 Å². The molecule has 33 heavy (non-hydrogen) atoms. The Morgan fingerprint density at radius 2 is 1.79 bits per heavy atom. The van der Waals surface area contributed by atoms with Crippen molar-refractivity contribution in [1.29, 1.82) is 0 Å². The van der Waals surface area contributed by atoms with Crippen LogP contribution in [-0.4, -0.2) is 40.3 Å². The molecule has 0 saturated heterocycles. The summed E-state index contributed by atoms with van der Waals surface area (Å²) in [6.45, 7) is 8.09. The van der Waals surface area contributed by atoms with E-state index in [2.05, 4.69) is 0 Å². The van der Waals surface area contributed by atoms with Crippen molar-refractivity contribution >= 4 is 23.2 Å². The maximum Gasteiger partial charge on any atom is 0.420 e. The number of carbonyl (C=O) groups is 2. The fourth-order valence-corrected chi connectivity index (χ4v) is 3.38. The molecule has 176 valence electrons. The van der Waals surface area contributed by atoms with Crippen molar-refractivity contribution in [3.63, 3.8) is 0 Å². The number of fused-ring (bicyclic) bond motifs is 1. The molecule has 0 N–H and O–H groups in total. The molecule has 8 heteroatoms. The van der Waals surface area contributed by atoms with Gasteiger partial charge in [-0.3, -0.25) is 9.36 Å². The largest absolute Gasteiger partial charge is 0.465 e. The predicted octanol–water partition coefficient (Wildman–Crippen LogP) is 4.14. The van der Waals surface area contributed by atoms with Gasteiger partial charge in [-0.1, -0.05) is 36.4 Å². The summed E-state index contributed by atoms with van der Waals surface area (Å²) < 4.78 is 17.1. The van der Waals surface area contributed by atoms with Gasteiger partial charge in [0.2, 0.25) is 0 Å². The molecule has 0 aliphatic carbocycles. The average molecular weight is 455 g/mol. The SMILES string of the molecule is CCOC(=O)Cn1c(=O)oc2cc(CCN(Cc3ccccc3)C(=O)OC(C)(C)C)ccc21. The number of hydrogen-bond donors (Lipinski definition) is 0. The molecule has 0 bridgehead atoms. The van der Waals surface area contributed by atoms with E-state index in [1.807, 2.05) is 57.2 Å². The number of aromatic nitrogens is 1. The predicted molar refractivity (Wildman–Crippen MR) is 124 cm³/mol. The Hall–Kier alpha value is -3.55. The zero-order valence-electron chi connectivity index (χ0n) is 19.5. The lowest BCUT2D eigenvalue weighted by Crippen LogP contribution is -2.37. The molecule has 0 spiro atoms. The van der Waals surface area contributed by atoms with Crippen molar-refractivity contribution in [3.05, 3.63) is 70.2 Å². The molecule has 0 unspecified atom stereocenters. The Morgan fingerprint density at radius 3 is 2.45 bits per heavy atom. The van der Waals surface area contributed by atoms with Crippen LogP contribution in [-0.2, 0) is 33.8 Å². The molecule has 0 saturated carbocycles. The van der Waals surface area contributed by atoms with Crippen molar-refractivity contribution in [2.75, 3.05) is 13.2 Å². The number of carbonyl (C=O) groups excluding carboxylic acids is 2. The summed E-state index contributed by atoms with van der Waals surface area (Å²) in [5.74, 6) is -1.12. The number of benzene rings is 2. The van der Waals surface area contributed by atoms with E-state index < -0.39 is 17.3 Å². The number of esters is 1. The van der Waals surface area contributed by atoms with E-state index >= 15 is 0 Å². The standard InChI is InChI=1S/C25H30N2O6/c1-5-31-22(28)17-27-20-12-11-18(15-21(20)32-24(27)30)13-14-26(23(29)33-25(2,3)4)16-19-9-7-6-8-10-19/h6-12,15H,5,13-14,16-17H2,1-4H3. The normalized spacial score (nSPS) is 11.4. The van der Waals surface area contributed by atoms with E-state index in [-0.39, 0.29) is 19.2 Å². The van der Waals surface area contributed by atoms with E-state index in [9.17, 15) is 14.4 Å². The molecular weight excluding hydrogens is 424 g/mol. The Balaban J connectivity index is 1.76. The lowest BCUT2D eigenvalue weighted by atomic mass is 10.1. The molecule has 0 radical (unpaired) electrons. The Bertz CT molecular complexity index is 1160. The van der Waals surface area contributed by atoms with E-state index in [0.29, 0.717) is 30.6 Å². The highest BCUT2D eigenvalue weighted by atomic mass is 16.6. The third kappa shape index (κ3) is 6.71. The summed E-state index contributed by atoms with van der Waals surface area (Å²) in [7, 11) is 0. The Labute approximate surface area is 192 Å². The van der Waals surface area contributed by atoms with Crippen molar-refractivity contribution in [1.82, 2.24) is 9.47 Å². The van der Waals surface area contributed by atoms with Crippen LogP contribution in [0.25, 0.3) is 11.1 Å². The van der Waals surface area contributed by atoms with Crippen LogP contribution >= 0.6 is 0 Å². The average Bonchev–Trinajstić information content (AvgIpc) is 3.05. The van der Waals surface area contributed by atoms with Gasteiger partial charge in [-0.2, -0.15) is 0 Å². The van der Waals surface area contributed by atoms with Gasteiger partial charge in [0.1, 0.15) is 12.1 Å². The first kappa shape index (κ1) is 24.1. The summed E-state index contributed by atoms with van der Waals surface area (Å²) in [5, 5.41) is 0. The maximum absolute atomic E-state index is 12.8. The number of ether oxygens (including phenoxy) is 2. The summed E-state index contributed by atoms with van der Waals surface area (Å²) in [6.07, 6.45) is 0.147. The van der Waals surface area contributed by atoms with Gasteiger partial charge < -0.3 is 18.8 Å². The zero-order valence-corrected chi connectivity index (χ0v) is 19.5. The minimum Gasteiger partial charge on any atom is -0.465 e. The van der Waals surface area contributed by atoms with Crippen molar-refractivity contribution in [3.8, 4) is 0 Å². The van der Waals surface area contributed by atoms with Crippen molar-refractivity contribution in [2.45, 2.75) is 52.8 Å². The second-order valence-corrected chi connectivity index (χ2v) is 8.70. The fraction of sp³-hybridized carbons (Fsp3) is 0.400. The fourth-order valence-electron chi connectivity index (χ4n) is 3.38. The first-order valence-electron chi connectivity index (χ1n) is 11.0. The third-order valence-electron chi connectivity index (χ3n) is 4.86. The number of nitrogens with zero attached hydrogens (tertiary/aromatic N) is 2. The molecule has 0 fully saturated rings. The number of rotatable bonds is 8. The summed E-state index contributed by atoms with van der Waals surface area (Å²) in [5.41, 5.74) is 2.19. The Kier molecular flexibility index (Phi) is 7.58. The van der Waals surface area contributed by atoms with Gasteiger partial charge >= 0.3 is 17.8 Å². The summed E-state index contributed by atoms with van der Waals surface area (Å²) in [6, 6.07) is 15.1. The van der Waals surface area contributed by atoms with Gasteiger partial charge in [-0.15, -0.1) is 0 Å². The minimum atomic E-state index is -0.616. The van der Waals surface area contributed by atoms with E-state index in [0.717, 1.165) is 11.1 Å². The molecule has 1 amide bonds.